The van der Waals surface area contributed by atoms with Crippen molar-refractivity contribution < 1.29 is 4.79 Å². The van der Waals surface area contributed by atoms with E-state index in [9.17, 15) is 4.79 Å². The first kappa shape index (κ1) is 13.3. The van der Waals surface area contributed by atoms with Crippen LogP contribution in [0.4, 0.5) is 5.13 Å². The zero-order valence-corrected chi connectivity index (χ0v) is 12.1. The SMILES string of the molecule is CCC1(CC)CCN(C(=O)c2sc(N)nc2C)C1. The third-order valence-electron chi connectivity index (χ3n) is 4.23. The highest BCUT2D eigenvalue weighted by Crippen LogP contribution is 2.38. The molecule has 18 heavy (non-hydrogen) atoms. The lowest BCUT2D eigenvalue weighted by atomic mass is 9.82. The molecule has 1 aromatic heterocycles. The van der Waals surface area contributed by atoms with Gasteiger partial charge in [-0.3, -0.25) is 4.79 Å². The van der Waals surface area contributed by atoms with E-state index >= 15 is 0 Å². The lowest BCUT2D eigenvalue weighted by molar-refractivity contribution is 0.0773. The second-order valence-electron chi connectivity index (χ2n) is 5.15. The van der Waals surface area contributed by atoms with Crippen molar-refractivity contribution in [3.05, 3.63) is 10.6 Å². The lowest BCUT2D eigenvalue weighted by Crippen LogP contribution is -2.31. The minimum Gasteiger partial charge on any atom is -0.375 e. The molecule has 0 aliphatic carbocycles. The van der Waals surface area contributed by atoms with E-state index in [-0.39, 0.29) is 5.91 Å². The number of aryl methyl sites for hydroxylation is 1. The van der Waals surface area contributed by atoms with Crippen LogP contribution in [0, 0.1) is 12.3 Å². The standard InChI is InChI=1S/C13H21N3OS/c1-4-13(5-2)6-7-16(8-13)11(17)10-9(3)15-12(14)18-10/h4-8H2,1-3H3,(H2,14,15). The molecule has 1 amide bonds. The lowest BCUT2D eigenvalue weighted by Gasteiger charge is -2.26. The van der Waals surface area contributed by atoms with E-state index < -0.39 is 0 Å². The van der Waals surface area contributed by atoms with Crippen molar-refractivity contribution in [2.75, 3.05) is 18.8 Å². The number of anilines is 1. The number of nitrogens with zero attached hydrogens (tertiary/aromatic N) is 2. The number of hydrogen-bond acceptors (Lipinski definition) is 4. The molecule has 0 atom stereocenters. The number of carbonyl (C=O) groups is 1. The Morgan fingerprint density at radius 1 is 1.50 bits per heavy atom. The van der Waals surface area contributed by atoms with Crippen molar-refractivity contribution in [1.82, 2.24) is 9.88 Å². The van der Waals surface area contributed by atoms with E-state index in [1.54, 1.807) is 0 Å². The van der Waals surface area contributed by atoms with Crippen LogP contribution in [-0.2, 0) is 0 Å². The molecule has 1 aliphatic rings. The van der Waals surface area contributed by atoms with Crippen molar-refractivity contribution in [2.24, 2.45) is 5.41 Å². The Labute approximate surface area is 112 Å². The Bertz CT molecular complexity index is 451. The first-order valence-electron chi connectivity index (χ1n) is 6.53. The Balaban J connectivity index is 2.15. The van der Waals surface area contributed by atoms with E-state index in [0.717, 1.165) is 38.0 Å². The quantitative estimate of drug-likeness (QED) is 0.916. The van der Waals surface area contributed by atoms with Crippen LogP contribution in [0.15, 0.2) is 0 Å². The zero-order valence-electron chi connectivity index (χ0n) is 11.3. The first-order chi connectivity index (χ1) is 8.51. The topological polar surface area (TPSA) is 59.2 Å². The van der Waals surface area contributed by atoms with Crippen LogP contribution in [0.3, 0.4) is 0 Å². The van der Waals surface area contributed by atoms with Crippen molar-refractivity contribution >= 4 is 22.4 Å². The van der Waals surface area contributed by atoms with Crippen molar-refractivity contribution in [1.29, 1.82) is 0 Å². The van der Waals surface area contributed by atoms with Crippen molar-refractivity contribution in [3.8, 4) is 0 Å². The molecule has 0 saturated carbocycles. The highest BCUT2D eigenvalue weighted by molar-refractivity contribution is 7.17. The summed E-state index contributed by atoms with van der Waals surface area (Å²) in [6.45, 7) is 8.01. The molecule has 4 nitrogen and oxygen atoms in total. The van der Waals surface area contributed by atoms with E-state index in [1.165, 1.54) is 11.3 Å². The van der Waals surface area contributed by atoms with Gasteiger partial charge >= 0.3 is 0 Å². The van der Waals surface area contributed by atoms with Crippen LogP contribution in [0.1, 0.15) is 48.5 Å². The highest BCUT2D eigenvalue weighted by atomic mass is 32.1. The molecule has 0 radical (unpaired) electrons. The van der Waals surface area contributed by atoms with Gasteiger partial charge in [-0.1, -0.05) is 25.2 Å². The number of nitrogen functional groups attached to an aromatic ring is 1. The molecular formula is C13H21N3OS. The maximum Gasteiger partial charge on any atom is 0.265 e. The average Bonchev–Trinajstić information content (AvgIpc) is 2.93. The summed E-state index contributed by atoms with van der Waals surface area (Å²) < 4.78 is 0. The Kier molecular flexibility index (Phi) is 3.61. The summed E-state index contributed by atoms with van der Waals surface area (Å²) in [6.07, 6.45) is 3.38. The number of carbonyl (C=O) groups excluding carboxylic acids is 1. The molecule has 1 fully saturated rings. The van der Waals surface area contributed by atoms with Gasteiger partial charge in [-0.15, -0.1) is 0 Å². The number of likely N-dealkylation sites (tertiary alicyclic amines) is 1. The predicted molar refractivity (Wildman–Crippen MR) is 74.8 cm³/mol. The number of rotatable bonds is 3. The van der Waals surface area contributed by atoms with Crippen molar-refractivity contribution in [3.63, 3.8) is 0 Å². The molecule has 2 rings (SSSR count). The average molecular weight is 267 g/mol. The second-order valence-corrected chi connectivity index (χ2v) is 6.18. The number of amides is 1. The minimum absolute atomic E-state index is 0.102. The van der Waals surface area contributed by atoms with Crippen LogP contribution in [-0.4, -0.2) is 28.9 Å². The van der Waals surface area contributed by atoms with Crippen molar-refractivity contribution in [2.45, 2.75) is 40.0 Å². The summed E-state index contributed by atoms with van der Waals surface area (Å²) in [4.78, 5) is 19.2. The molecule has 0 bridgehead atoms. The second kappa shape index (κ2) is 4.88. The molecule has 5 heteroatoms. The fourth-order valence-corrected chi connectivity index (χ4v) is 3.50. The fourth-order valence-electron chi connectivity index (χ4n) is 2.69. The van der Waals surface area contributed by atoms with Gasteiger partial charge in [0.25, 0.3) is 5.91 Å². The molecule has 0 spiro atoms. The van der Waals surface area contributed by atoms with Crippen LogP contribution < -0.4 is 5.73 Å². The normalized spacial score (nSPS) is 18.3. The third kappa shape index (κ3) is 2.23. The third-order valence-corrected chi connectivity index (χ3v) is 5.21. The van der Waals surface area contributed by atoms with Crippen LogP contribution >= 0.6 is 11.3 Å². The van der Waals surface area contributed by atoms with Crippen LogP contribution in [0.25, 0.3) is 0 Å². The van der Waals surface area contributed by atoms with Gasteiger partial charge in [0.1, 0.15) is 4.88 Å². The summed E-state index contributed by atoms with van der Waals surface area (Å²) >= 11 is 1.30. The maximum atomic E-state index is 12.4. The number of nitrogens with two attached hydrogens (primary N) is 1. The minimum atomic E-state index is 0.102. The molecule has 0 aromatic carbocycles. The van der Waals surface area contributed by atoms with Gasteiger partial charge in [0.2, 0.25) is 0 Å². The molecule has 0 unspecified atom stereocenters. The Morgan fingerprint density at radius 3 is 2.61 bits per heavy atom. The monoisotopic (exact) mass is 267 g/mol. The molecule has 1 saturated heterocycles. The summed E-state index contributed by atoms with van der Waals surface area (Å²) in [5, 5.41) is 0.479. The van der Waals surface area contributed by atoms with Crippen LogP contribution in [0.5, 0.6) is 0 Å². The summed E-state index contributed by atoms with van der Waals surface area (Å²) in [5.41, 5.74) is 6.73. The Morgan fingerprint density at radius 2 is 2.17 bits per heavy atom. The first-order valence-corrected chi connectivity index (χ1v) is 7.35. The van der Waals surface area contributed by atoms with Gasteiger partial charge < -0.3 is 10.6 Å². The van der Waals surface area contributed by atoms with E-state index in [1.807, 2.05) is 11.8 Å². The van der Waals surface area contributed by atoms with Gasteiger partial charge in [-0.05, 0) is 31.6 Å². The molecule has 1 aromatic rings. The van der Waals surface area contributed by atoms with Crippen LogP contribution in [0.2, 0.25) is 0 Å². The van der Waals surface area contributed by atoms with Gasteiger partial charge in [0, 0.05) is 13.1 Å². The summed E-state index contributed by atoms with van der Waals surface area (Å²) in [6, 6.07) is 0. The van der Waals surface area contributed by atoms with Gasteiger partial charge in [-0.25, -0.2) is 4.98 Å². The van der Waals surface area contributed by atoms with E-state index in [4.69, 9.17) is 5.73 Å². The fraction of sp³-hybridized carbons (Fsp3) is 0.692. The molecule has 2 N–H and O–H groups in total. The highest BCUT2D eigenvalue weighted by Gasteiger charge is 2.38. The van der Waals surface area contributed by atoms with Gasteiger partial charge in [0.05, 0.1) is 5.69 Å². The van der Waals surface area contributed by atoms with Gasteiger partial charge in [0.15, 0.2) is 5.13 Å². The summed E-state index contributed by atoms with van der Waals surface area (Å²) in [5.74, 6) is 0.102. The number of aromatic nitrogens is 1. The Hall–Kier alpha value is -1.10. The summed E-state index contributed by atoms with van der Waals surface area (Å²) in [7, 11) is 0. The molecule has 2 heterocycles. The zero-order chi connectivity index (χ0) is 13.3. The smallest absolute Gasteiger partial charge is 0.265 e. The number of hydrogen-bond donors (Lipinski definition) is 1. The van der Waals surface area contributed by atoms with Gasteiger partial charge in [-0.2, -0.15) is 0 Å². The maximum absolute atomic E-state index is 12.4. The largest absolute Gasteiger partial charge is 0.375 e. The molecule has 1 aliphatic heterocycles. The predicted octanol–water partition coefficient (Wildman–Crippen LogP) is 2.69. The molecular weight excluding hydrogens is 246 g/mol. The number of thiazole rings is 1. The van der Waals surface area contributed by atoms with E-state index in [2.05, 4.69) is 18.8 Å². The molecule has 100 valence electrons. The van der Waals surface area contributed by atoms with E-state index in [0.29, 0.717) is 15.4 Å².